The minimum absolute atomic E-state index is 0.550. The number of para-hydroxylation sites is 1. The van der Waals surface area contributed by atoms with Gasteiger partial charge in [0.15, 0.2) is 0 Å². The van der Waals surface area contributed by atoms with E-state index in [-0.39, 0.29) is 0 Å². The number of anilines is 1. The van der Waals surface area contributed by atoms with Crippen molar-refractivity contribution in [1.29, 1.82) is 0 Å². The summed E-state index contributed by atoms with van der Waals surface area (Å²) < 4.78 is 5.70. The Morgan fingerprint density at radius 1 is 1.29 bits per heavy atom. The van der Waals surface area contributed by atoms with Gasteiger partial charge >= 0.3 is 0 Å². The zero-order valence-corrected chi connectivity index (χ0v) is 13.8. The quantitative estimate of drug-likeness (QED) is 0.779. The van der Waals surface area contributed by atoms with Crippen molar-refractivity contribution >= 4 is 5.69 Å². The van der Waals surface area contributed by atoms with Crippen LogP contribution in [0.1, 0.15) is 39.2 Å². The van der Waals surface area contributed by atoms with Crippen molar-refractivity contribution in [3.05, 3.63) is 29.8 Å². The van der Waals surface area contributed by atoms with E-state index in [0.29, 0.717) is 12.0 Å². The van der Waals surface area contributed by atoms with Crippen molar-refractivity contribution < 1.29 is 4.74 Å². The highest BCUT2D eigenvalue weighted by Gasteiger charge is 2.24. The zero-order chi connectivity index (χ0) is 15.1. The van der Waals surface area contributed by atoms with Gasteiger partial charge < -0.3 is 15.0 Å². The van der Waals surface area contributed by atoms with Crippen LogP contribution in [0.2, 0.25) is 0 Å². The second-order valence-corrected chi connectivity index (χ2v) is 6.06. The van der Waals surface area contributed by atoms with Crippen molar-refractivity contribution in [2.45, 2.75) is 46.2 Å². The van der Waals surface area contributed by atoms with Crippen LogP contribution in [-0.4, -0.2) is 32.3 Å². The van der Waals surface area contributed by atoms with Gasteiger partial charge in [0.2, 0.25) is 0 Å². The lowest BCUT2D eigenvalue weighted by Crippen LogP contribution is -2.43. The summed E-state index contributed by atoms with van der Waals surface area (Å²) in [6, 6.07) is 9.31. The average molecular weight is 290 g/mol. The number of fused-ring (bicyclic) bond motifs is 1. The van der Waals surface area contributed by atoms with E-state index in [1.54, 1.807) is 0 Å². The van der Waals surface area contributed by atoms with Gasteiger partial charge in [-0.1, -0.05) is 45.4 Å². The van der Waals surface area contributed by atoms with E-state index >= 15 is 0 Å². The first-order chi connectivity index (χ1) is 10.3. The second kappa shape index (κ2) is 8.40. The first kappa shape index (κ1) is 16.3. The van der Waals surface area contributed by atoms with Crippen molar-refractivity contribution in [3.8, 4) is 0 Å². The summed E-state index contributed by atoms with van der Waals surface area (Å²) in [6.07, 6.45) is 2.31. The normalized spacial score (nSPS) is 20.0. The summed E-state index contributed by atoms with van der Waals surface area (Å²) in [5.74, 6) is 0.693. The number of ether oxygens (including phenoxy) is 1. The van der Waals surface area contributed by atoms with Gasteiger partial charge in [0.25, 0.3) is 0 Å². The summed E-state index contributed by atoms with van der Waals surface area (Å²) in [5, 5.41) is 3.74. The van der Waals surface area contributed by atoms with Crippen LogP contribution in [-0.2, 0) is 11.3 Å². The molecule has 1 aromatic carbocycles. The maximum Gasteiger partial charge on any atom is 0.0641 e. The molecule has 0 saturated carbocycles. The molecule has 2 rings (SSSR count). The van der Waals surface area contributed by atoms with Gasteiger partial charge in [0, 0.05) is 38.0 Å². The van der Waals surface area contributed by atoms with Crippen LogP contribution in [0.5, 0.6) is 0 Å². The van der Waals surface area contributed by atoms with E-state index in [9.17, 15) is 0 Å². The number of benzene rings is 1. The Kier molecular flexibility index (Phi) is 6.52. The Labute approximate surface area is 129 Å². The molecule has 0 aromatic heterocycles. The summed E-state index contributed by atoms with van der Waals surface area (Å²) in [7, 11) is 0. The monoisotopic (exact) mass is 290 g/mol. The molecule has 0 bridgehead atoms. The molecule has 3 heteroatoms. The van der Waals surface area contributed by atoms with Gasteiger partial charge in [-0.2, -0.15) is 0 Å². The van der Waals surface area contributed by atoms with Gasteiger partial charge in [-0.25, -0.2) is 0 Å². The molecule has 0 fully saturated rings. The maximum absolute atomic E-state index is 5.70. The lowest BCUT2D eigenvalue weighted by molar-refractivity contribution is 0.140. The van der Waals surface area contributed by atoms with Crippen molar-refractivity contribution in [1.82, 2.24) is 5.32 Å². The predicted octanol–water partition coefficient (Wildman–Crippen LogP) is 3.44. The summed E-state index contributed by atoms with van der Waals surface area (Å²) >= 11 is 0. The molecule has 118 valence electrons. The minimum Gasteiger partial charge on any atom is -0.380 e. The standard InChI is InChI=1S/C18H30N2O/c1-4-11-21-12-10-20-14-17(15(3)5-2)19-13-16-8-6-7-9-18(16)20/h6-9,15,17,19H,4-5,10-14H2,1-3H3. The van der Waals surface area contributed by atoms with Gasteiger partial charge in [-0.15, -0.1) is 0 Å². The fraction of sp³-hybridized carbons (Fsp3) is 0.667. The van der Waals surface area contributed by atoms with Crippen LogP contribution in [0.25, 0.3) is 0 Å². The molecule has 0 saturated heterocycles. The van der Waals surface area contributed by atoms with E-state index < -0.39 is 0 Å². The summed E-state index contributed by atoms with van der Waals surface area (Å²) in [6.45, 7) is 11.5. The van der Waals surface area contributed by atoms with E-state index in [1.807, 2.05) is 0 Å². The van der Waals surface area contributed by atoms with Crippen LogP contribution >= 0.6 is 0 Å². The van der Waals surface area contributed by atoms with E-state index in [0.717, 1.165) is 39.3 Å². The Morgan fingerprint density at radius 2 is 2.10 bits per heavy atom. The number of hydrogen-bond acceptors (Lipinski definition) is 3. The average Bonchev–Trinajstić information content (AvgIpc) is 2.71. The van der Waals surface area contributed by atoms with Gasteiger partial charge in [0.1, 0.15) is 0 Å². The lowest BCUT2D eigenvalue weighted by atomic mass is 9.99. The minimum atomic E-state index is 0.550. The smallest absolute Gasteiger partial charge is 0.0641 e. The number of hydrogen-bond donors (Lipinski definition) is 1. The van der Waals surface area contributed by atoms with Crippen LogP contribution in [0.15, 0.2) is 24.3 Å². The molecule has 0 radical (unpaired) electrons. The van der Waals surface area contributed by atoms with Crippen molar-refractivity contribution in [2.75, 3.05) is 31.2 Å². The SMILES string of the molecule is CCCOCCN1CC(C(C)CC)NCc2ccccc21. The number of nitrogens with one attached hydrogen (secondary N) is 1. The Morgan fingerprint density at radius 3 is 2.86 bits per heavy atom. The summed E-state index contributed by atoms with van der Waals surface area (Å²) in [5.41, 5.74) is 2.77. The molecule has 2 atom stereocenters. The molecule has 1 aliphatic heterocycles. The van der Waals surface area contributed by atoms with Crippen LogP contribution in [0.4, 0.5) is 5.69 Å². The Bertz CT molecular complexity index is 421. The maximum atomic E-state index is 5.70. The third kappa shape index (κ3) is 4.45. The summed E-state index contributed by atoms with van der Waals surface area (Å²) in [4.78, 5) is 2.50. The zero-order valence-electron chi connectivity index (χ0n) is 13.8. The molecule has 1 heterocycles. The predicted molar refractivity (Wildman–Crippen MR) is 89.8 cm³/mol. The molecule has 21 heavy (non-hydrogen) atoms. The molecule has 3 nitrogen and oxygen atoms in total. The third-order valence-electron chi connectivity index (χ3n) is 4.49. The van der Waals surface area contributed by atoms with E-state index in [4.69, 9.17) is 4.74 Å². The molecule has 0 spiro atoms. The Hall–Kier alpha value is -1.06. The number of nitrogens with zero attached hydrogens (tertiary/aromatic N) is 1. The van der Waals surface area contributed by atoms with Gasteiger partial charge in [-0.05, 0) is 24.0 Å². The molecular formula is C18H30N2O. The van der Waals surface area contributed by atoms with Crippen LogP contribution < -0.4 is 10.2 Å². The molecular weight excluding hydrogens is 260 g/mol. The fourth-order valence-electron chi connectivity index (χ4n) is 2.91. The first-order valence-electron chi connectivity index (χ1n) is 8.40. The molecule has 1 N–H and O–H groups in total. The topological polar surface area (TPSA) is 24.5 Å². The van der Waals surface area contributed by atoms with Crippen LogP contribution in [0.3, 0.4) is 0 Å². The molecule has 2 unspecified atom stereocenters. The third-order valence-corrected chi connectivity index (χ3v) is 4.49. The van der Waals surface area contributed by atoms with Crippen LogP contribution in [0, 0.1) is 5.92 Å². The van der Waals surface area contributed by atoms with E-state index in [2.05, 4.69) is 55.3 Å². The molecule has 1 aromatic rings. The highest BCUT2D eigenvalue weighted by atomic mass is 16.5. The molecule has 0 aliphatic carbocycles. The molecule has 1 aliphatic rings. The van der Waals surface area contributed by atoms with Crippen molar-refractivity contribution in [2.24, 2.45) is 5.92 Å². The number of rotatable bonds is 7. The Balaban J connectivity index is 2.08. The highest BCUT2D eigenvalue weighted by molar-refractivity contribution is 5.54. The highest BCUT2D eigenvalue weighted by Crippen LogP contribution is 2.25. The largest absolute Gasteiger partial charge is 0.380 e. The van der Waals surface area contributed by atoms with Gasteiger partial charge in [-0.3, -0.25) is 0 Å². The van der Waals surface area contributed by atoms with Gasteiger partial charge in [0.05, 0.1) is 6.61 Å². The second-order valence-electron chi connectivity index (χ2n) is 6.06. The first-order valence-corrected chi connectivity index (χ1v) is 8.40. The molecule has 0 amide bonds. The van der Waals surface area contributed by atoms with E-state index in [1.165, 1.54) is 17.7 Å². The lowest BCUT2D eigenvalue weighted by Gasteiger charge is -2.30. The van der Waals surface area contributed by atoms with Crippen molar-refractivity contribution in [3.63, 3.8) is 0 Å². The fourth-order valence-corrected chi connectivity index (χ4v) is 2.91.